The van der Waals surface area contributed by atoms with Crippen LogP contribution in [0.2, 0.25) is 0 Å². The van der Waals surface area contributed by atoms with Crippen LogP contribution in [0.1, 0.15) is 11.4 Å². The molecular formula is C15H14FN3O2S. The van der Waals surface area contributed by atoms with Gasteiger partial charge in [-0.3, -0.25) is 0 Å². The SMILES string of the molecule is Cn1c(CO)cnc1SCc1coc(-c2cccc(F)c2)n1. The van der Waals surface area contributed by atoms with E-state index in [2.05, 4.69) is 9.97 Å². The van der Waals surface area contributed by atoms with E-state index in [1.165, 1.54) is 23.9 Å². The van der Waals surface area contributed by atoms with E-state index in [1.54, 1.807) is 24.6 Å². The molecule has 7 heteroatoms. The zero-order chi connectivity index (χ0) is 15.5. The highest BCUT2D eigenvalue weighted by molar-refractivity contribution is 7.98. The van der Waals surface area contributed by atoms with E-state index >= 15 is 0 Å². The molecule has 22 heavy (non-hydrogen) atoms. The Kier molecular flexibility index (Phi) is 4.26. The Balaban J connectivity index is 1.70. The highest BCUT2D eigenvalue weighted by Crippen LogP contribution is 2.24. The third kappa shape index (κ3) is 3.05. The van der Waals surface area contributed by atoms with Crippen molar-refractivity contribution in [3.05, 3.63) is 53.9 Å². The molecule has 3 aromatic rings. The fourth-order valence-corrected chi connectivity index (χ4v) is 2.82. The van der Waals surface area contributed by atoms with Gasteiger partial charge in [0.25, 0.3) is 0 Å². The highest BCUT2D eigenvalue weighted by Gasteiger charge is 2.10. The maximum Gasteiger partial charge on any atom is 0.226 e. The molecule has 0 unspecified atom stereocenters. The largest absolute Gasteiger partial charge is 0.444 e. The number of benzene rings is 1. The molecule has 0 fully saturated rings. The van der Waals surface area contributed by atoms with Crippen molar-refractivity contribution in [2.24, 2.45) is 7.05 Å². The van der Waals surface area contributed by atoms with Gasteiger partial charge in [0.15, 0.2) is 5.16 Å². The lowest BCUT2D eigenvalue weighted by Crippen LogP contribution is -1.97. The average molecular weight is 319 g/mol. The summed E-state index contributed by atoms with van der Waals surface area (Å²) in [6.45, 7) is -0.0439. The summed E-state index contributed by atoms with van der Waals surface area (Å²) in [5.41, 5.74) is 2.11. The number of hydrogen-bond acceptors (Lipinski definition) is 5. The number of rotatable bonds is 5. The third-order valence-electron chi connectivity index (χ3n) is 3.18. The topological polar surface area (TPSA) is 64.1 Å². The number of thioether (sulfide) groups is 1. The number of halogens is 1. The molecule has 0 amide bonds. The van der Waals surface area contributed by atoms with E-state index in [0.29, 0.717) is 17.2 Å². The summed E-state index contributed by atoms with van der Waals surface area (Å²) in [4.78, 5) is 8.59. The van der Waals surface area contributed by atoms with Crippen molar-refractivity contribution in [3.8, 4) is 11.5 Å². The summed E-state index contributed by atoms with van der Waals surface area (Å²) in [6.07, 6.45) is 3.20. The zero-order valence-electron chi connectivity index (χ0n) is 11.9. The minimum Gasteiger partial charge on any atom is -0.444 e. The standard InChI is InChI=1S/C15H14FN3O2S/c1-19-13(7-20)6-17-15(19)22-9-12-8-21-14(18-12)10-3-2-4-11(16)5-10/h2-6,8,20H,7,9H2,1H3. The van der Waals surface area contributed by atoms with Crippen molar-refractivity contribution in [1.82, 2.24) is 14.5 Å². The molecule has 0 spiro atoms. The first kappa shape index (κ1) is 14.8. The maximum atomic E-state index is 13.2. The molecule has 2 aromatic heterocycles. The molecule has 0 atom stereocenters. The van der Waals surface area contributed by atoms with Gasteiger partial charge in [-0.25, -0.2) is 14.4 Å². The van der Waals surface area contributed by atoms with Crippen LogP contribution in [-0.2, 0) is 19.4 Å². The van der Waals surface area contributed by atoms with Gasteiger partial charge in [0.05, 0.1) is 24.2 Å². The first-order chi connectivity index (χ1) is 10.7. The van der Waals surface area contributed by atoms with E-state index in [0.717, 1.165) is 16.5 Å². The molecule has 0 aliphatic carbocycles. The summed E-state index contributed by atoms with van der Waals surface area (Å²) >= 11 is 1.49. The molecule has 0 aliphatic heterocycles. The summed E-state index contributed by atoms with van der Waals surface area (Å²) in [6, 6.07) is 6.13. The van der Waals surface area contributed by atoms with E-state index in [-0.39, 0.29) is 12.4 Å². The zero-order valence-corrected chi connectivity index (χ0v) is 12.7. The number of aliphatic hydroxyl groups is 1. The normalized spacial score (nSPS) is 11.0. The number of oxazole rings is 1. The van der Waals surface area contributed by atoms with Crippen LogP contribution < -0.4 is 0 Å². The van der Waals surface area contributed by atoms with Gasteiger partial charge in [-0.15, -0.1) is 0 Å². The van der Waals surface area contributed by atoms with E-state index in [4.69, 9.17) is 9.52 Å². The van der Waals surface area contributed by atoms with E-state index < -0.39 is 0 Å². The second-order valence-corrected chi connectivity index (χ2v) is 5.63. The molecule has 0 aliphatic rings. The Morgan fingerprint density at radius 3 is 3.00 bits per heavy atom. The number of aromatic nitrogens is 3. The first-order valence-corrected chi connectivity index (χ1v) is 7.60. The predicted octanol–water partition coefficient (Wildman–Crippen LogP) is 3.00. The van der Waals surface area contributed by atoms with Gasteiger partial charge in [-0.1, -0.05) is 17.8 Å². The van der Waals surface area contributed by atoms with Crippen LogP contribution in [0.4, 0.5) is 4.39 Å². The number of hydrogen-bond donors (Lipinski definition) is 1. The highest BCUT2D eigenvalue weighted by atomic mass is 32.2. The van der Waals surface area contributed by atoms with Crippen molar-refractivity contribution < 1.29 is 13.9 Å². The molecule has 2 heterocycles. The molecule has 0 bridgehead atoms. The van der Waals surface area contributed by atoms with E-state index in [1.807, 2.05) is 11.6 Å². The Morgan fingerprint density at radius 1 is 1.41 bits per heavy atom. The molecular weight excluding hydrogens is 305 g/mol. The molecule has 3 rings (SSSR count). The fourth-order valence-electron chi connectivity index (χ4n) is 1.97. The second kappa shape index (κ2) is 6.33. The molecule has 114 valence electrons. The maximum absolute atomic E-state index is 13.2. The Bertz CT molecular complexity index is 785. The van der Waals surface area contributed by atoms with Crippen LogP contribution in [0.3, 0.4) is 0 Å². The van der Waals surface area contributed by atoms with Gasteiger partial charge in [-0.2, -0.15) is 0 Å². The first-order valence-electron chi connectivity index (χ1n) is 6.62. The molecule has 1 aromatic carbocycles. The summed E-state index contributed by atoms with van der Waals surface area (Å²) < 4.78 is 20.4. The Labute approximate surface area is 130 Å². The van der Waals surface area contributed by atoms with Crippen LogP contribution in [0.5, 0.6) is 0 Å². The number of nitrogens with zero attached hydrogens (tertiary/aromatic N) is 3. The molecule has 1 N–H and O–H groups in total. The van der Waals surface area contributed by atoms with Crippen molar-refractivity contribution >= 4 is 11.8 Å². The van der Waals surface area contributed by atoms with Crippen LogP contribution in [-0.4, -0.2) is 19.6 Å². The molecule has 5 nitrogen and oxygen atoms in total. The van der Waals surface area contributed by atoms with Gasteiger partial charge in [0.1, 0.15) is 12.1 Å². The van der Waals surface area contributed by atoms with Gasteiger partial charge in [-0.05, 0) is 18.2 Å². The van der Waals surface area contributed by atoms with Gasteiger partial charge < -0.3 is 14.1 Å². The summed E-state index contributed by atoms with van der Waals surface area (Å²) in [7, 11) is 1.85. The third-order valence-corrected chi connectivity index (χ3v) is 4.25. The monoisotopic (exact) mass is 319 g/mol. The second-order valence-electron chi connectivity index (χ2n) is 4.69. The Hall–Kier alpha value is -2.12. The molecule has 0 radical (unpaired) electrons. The summed E-state index contributed by atoms with van der Waals surface area (Å²) in [5, 5.41) is 9.93. The summed E-state index contributed by atoms with van der Waals surface area (Å²) in [5.74, 6) is 0.649. The smallest absolute Gasteiger partial charge is 0.226 e. The van der Waals surface area contributed by atoms with Crippen LogP contribution in [0.25, 0.3) is 11.5 Å². The van der Waals surface area contributed by atoms with Crippen molar-refractivity contribution in [2.45, 2.75) is 17.5 Å². The number of aliphatic hydroxyl groups excluding tert-OH is 1. The van der Waals surface area contributed by atoms with Crippen LogP contribution in [0.15, 0.2) is 46.3 Å². The Morgan fingerprint density at radius 2 is 2.27 bits per heavy atom. The van der Waals surface area contributed by atoms with E-state index in [9.17, 15) is 4.39 Å². The minimum absolute atomic E-state index is 0.0439. The average Bonchev–Trinajstić information content (AvgIpc) is 3.12. The fraction of sp³-hybridized carbons (Fsp3) is 0.200. The lowest BCUT2D eigenvalue weighted by molar-refractivity contribution is 0.271. The van der Waals surface area contributed by atoms with Gasteiger partial charge in [0.2, 0.25) is 5.89 Å². The van der Waals surface area contributed by atoms with Gasteiger partial charge >= 0.3 is 0 Å². The van der Waals surface area contributed by atoms with Crippen LogP contribution >= 0.6 is 11.8 Å². The van der Waals surface area contributed by atoms with Crippen molar-refractivity contribution in [1.29, 1.82) is 0 Å². The van der Waals surface area contributed by atoms with Gasteiger partial charge in [0, 0.05) is 18.4 Å². The molecule has 0 saturated carbocycles. The van der Waals surface area contributed by atoms with Crippen LogP contribution in [0, 0.1) is 5.82 Å². The lowest BCUT2D eigenvalue weighted by Gasteiger charge is -2.02. The quantitative estimate of drug-likeness (QED) is 0.732. The van der Waals surface area contributed by atoms with Crippen molar-refractivity contribution in [2.75, 3.05) is 0 Å². The minimum atomic E-state index is -0.323. The molecule has 0 saturated heterocycles. The lowest BCUT2D eigenvalue weighted by atomic mass is 10.2. The number of imidazole rings is 1. The predicted molar refractivity (Wildman–Crippen MR) is 80.6 cm³/mol. The van der Waals surface area contributed by atoms with Crippen molar-refractivity contribution in [3.63, 3.8) is 0 Å².